The van der Waals surface area contributed by atoms with Crippen LogP contribution < -0.4 is 5.32 Å². The van der Waals surface area contributed by atoms with Gasteiger partial charge in [-0.15, -0.1) is 0 Å². The molecule has 1 saturated carbocycles. The number of hydrogen-bond acceptors (Lipinski definition) is 5. The Balaban J connectivity index is 1.55. The van der Waals surface area contributed by atoms with E-state index in [1.807, 2.05) is 24.3 Å². The fraction of sp³-hybridized carbons (Fsp3) is 0.412. The van der Waals surface area contributed by atoms with E-state index >= 15 is 0 Å². The van der Waals surface area contributed by atoms with E-state index in [0.29, 0.717) is 11.9 Å². The second-order valence-electron chi connectivity index (χ2n) is 5.63. The summed E-state index contributed by atoms with van der Waals surface area (Å²) in [4.78, 5) is 15.7. The van der Waals surface area contributed by atoms with Gasteiger partial charge in [-0.3, -0.25) is 4.79 Å². The van der Waals surface area contributed by atoms with Crippen LogP contribution in [-0.4, -0.2) is 24.1 Å². The molecule has 1 aliphatic carbocycles. The first-order valence-electron chi connectivity index (χ1n) is 7.60. The second kappa shape index (κ2) is 6.64. The van der Waals surface area contributed by atoms with Crippen molar-refractivity contribution in [3.63, 3.8) is 0 Å². The standard InChI is InChI=1S/C17H20N2O3/c1-21-17(20)13-4-8-15(9-5-13)19-14-6-2-12(3-7-14)16-18-10-11-22-16/h2-3,6-7,10-11,13,15,19H,4-5,8-9H2,1H3. The Morgan fingerprint density at radius 1 is 1.23 bits per heavy atom. The molecular formula is C17H20N2O3. The number of nitrogens with one attached hydrogen (secondary N) is 1. The third-order valence-corrected chi connectivity index (χ3v) is 4.20. The van der Waals surface area contributed by atoms with Crippen LogP contribution in [-0.2, 0) is 9.53 Å². The number of rotatable bonds is 4. The van der Waals surface area contributed by atoms with Crippen molar-refractivity contribution in [1.82, 2.24) is 4.98 Å². The molecule has 1 aromatic heterocycles. The van der Waals surface area contributed by atoms with Crippen molar-refractivity contribution in [2.24, 2.45) is 5.92 Å². The lowest BCUT2D eigenvalue weighted by molar-refractivity contribution is -0.146. The van der Waals surface area contributed by atoms with Crippen molar-refractivity contribution in [3.05, 3.63) is 36.7 Å². The van der Waals surface area contributed by atoms with Crippen LogP contribution in [0.4, 0.5) is 5.69 Å². The normalized spacial score (nSPS) is 21.3. The molecule has 0 aliphatic heterocycles. The number of aromatic nitrogens is 1. The molecule has 0 atom stereocenters. The Kier molecular flexibility index (Phi) is 4.42. The predicted octanol–water partition coefficient (Wildman–Crippen LogP) is 3.49. The van der Waals surface area contributed by atoms with Crippen LogP contribution in [0.15, 0.2) is 41.1 Å². The topological polar surface area (TPSA) is 64.4 Å². The van der Waals surface area contributed by atoms with Gasteiger partial charge in [0.25, 0.3) is 0 Å². The van der Waals surface area contributed by atoms with E-state index in [2.05, 4.69) is 10.3 Å². The largest absolute Gasteiger partial charge is 0.469 e. The molecule has 1 heterocycles. The molecule has 0 unspecified atom stereocenters. The maximum atomic E-state index is 11.5. The lowest BCUT2D eigenvalue weighted by Crippen LogP contribution is -2.29. The average Bonchev–Trinajstić information content (AvgIpc) is 3.10. The Bertz CT molecular complexity index is 599. The fourth-order valence-corrected chi connectivity index (χ4v) is 2.95. The molecule has 1 N–H and O–H groups in total. The predicted molar refractivity (Wildman–Crippen MR) is 83.3 cm³/mol. The summed E-state index contributed by atoms with van der Waals surface area (Å²) >= 11 is 0. The first-order valence-corrected chi connectivity index (χ1v) is 7.60. The van der Waals surface area contributed by atoms with Gasteiger partial charge in [0.15, 0.2) is 0 Å². The number of anilines is 1. The van der Waals surface area contributed by atoms with Crippen LogP contribution in [0, 0.1) is 5.92 Å². The summed E-state index contributed by atoms with van der Waals surface area (Å²) in [6.07, 6.45) is 6.96. The zero-order valence-corrected chi connectivity index (χ0v) is 12.6. The van der Waals surface area contributed by atoms with Gasteiger partial charge in [0.1, 0.15) is 6.26 Å². The van der Waals surface area contributed by atoms with Gasteiger partial charge in [0.2, 0.25) is 5.89 Å². The van der Waals surface area contributed by atoms with Gasteiger partial charge in [0.05, 0.1) is 19.2 Å². The quantitative estimate of drug-likeness (QED) is 0.876. The smallest absolute Gasteiger partial charge is 0.308 e. The summed E-state index contributed by atoms with van der Waals surface area (Å²) in [5.74, 6) is 0.620. The minimum atomic E-state index is -0.0752. The molecule has 2 aromatic rings. The van der Waals surface area contributed by atoms with Gasteiger partial charge >= 0.3 is 5.97 Å². The number of methoxy groups -OCH3 is 1. The maximum absolute atomic E-state index is 11.5. The summed E-state index contributed by atoms with van der Waals surface area (Å²) in [7, 11) is 1.46. The summed E-state index contributed by atoms with van der Waals surface area (Å²) in [6.45, 7) is 0. The van der Waals surface area contributed by atoms with Crippen molar-refractivity contribution in [2.45, 2.75) is 31.7 Å². The molecule has 3 rings (SSSR count). The van der Waals surface area contributed by atoms with E-state index in [1.165, 1.54) is 7.11 Å². The van der Waals surface area contributed by atoms with Gasteiger partial charge in [-0.05, 0) is 49.9 Å². The Morgan fingerprint density at radius 2 is 1.95 bits per heavy atom. The first kappa shape index (κ1) is 14.6. The number of oxazole rings is 1. The van der Waals surface area contributed by atoms with Crippen LogP contribution in [0.1, 0.15) is 25.7 Å². The number of hydrogen-bond donors (Lipinski definition) is 1. The monoisotopic (exact) mass is 300 g/mol. The highest BCUT2D eigenvalue weighted by atomic mass is 16.5. The number of carbonyl (C=O) groups excluding carboxylic acids is 1. The molecule has 22 heavy (non-hydrogen) atoms. The van der Waals surface area contributed by atoms with Crippen molar-refractivity contribution in [2.75, 3.05) is 12.4 Å². The lowest BCUT2D eigenvalue weighted by atomic mass is 9.86. The van der Waals surface area contributed by atoms with E-state index in [9.17, 15) is 4.79 Å². The van der Waals surface area contributed by atoms with Crippen LogP contribution in [0.2, 0.25) is 0 Å². The number of esters is 1. The third kappa shape index (κ3) is 3.30. The van der Waals surface area contributed by atoms with Crippen molar-refractivity contribution in [3.8, 4) is 11.5 Å². The third-order valence-electron chi connectivity index (χ3n) is 4.20. The molecule has 1 aliphatic rings. The average molecular weight is 300 g/mol. The Labute approximate surface area is 129 Å². The van der Waals surface area contributed by atoms with E-state index < -0.39 is 0 Å². The molecule has 0 radical (unpaired) electrons. The molecule has 5 nitrogen and oxygen atoms in total. The molecular weight excluding hydrogens is 280 g/mol. The van der Waals surface area contributed by atoms with Gasteiger partial charge in [-0.1, -0.05) is 0 Å². The van der Waals surface area contributed by atoms with Gasteiger partial charge in [-0.2, -0.15) is 0 Å². The second-order valence-corrected chi connectivity index (χ2v) is 5.63. The van der Waals surface area contributed by atoms with E-state index in [1.54, 1.807) is 12.5 Å². The van der Waals surface area contributed by atoms with Crippen molar-refractivity contribution < 1.29 is 13.9 Å². The maximum Gasteiger partial charge on any atom is 0.308 e. The Hall–Kier alpha value is -2.30. The van der Waals surface area contributed by atoms with Crippen molar-refractivity contribution >= 4 is 11.7 Å². The van der Waals surface area contributed by atoms with E-state index in [0.717, 1.165) is 36.9 Å². The lowest BCUT2D eigenvalue weighted by Gasteiger charge is -2.28. The highest BCUT2D eigenvalue weighted by molar-refractivity contribution is 5.72. The fourth-order valence-electron chi connectivity index (χ4n) is 2.95. The first-order chi connectivity index (χ1) is 10.8. The van der Waals surface area contributed by atoms with E-state index in [-0.39, 0.29) is 11.9 Å². The summed E-state index contributed by atoms with van der Waals surface area (Å²) in [5, 5.41) is 3.53. The van der Waals surface area contributed by atoms with Crippen LogP contribution in [0.25, 0.3) is 11.5 Å². The summed E-state index contributed by atoms with van der Waals surface area (Å²) in [6, 6.07) is 8.47. The minimum Gasteiger partial charge on any atom is -0.469 e. The minimum absolute atomic E-state index is 0.0652. The molecule has 1 fully saturated rings. The van der Waals surface area contributed by atoms with E-state index in [4.69, 9.17) is 9.15 Å². The highest BCUT2D eigenvalue weighted by Crippen LogP contribution is 2.28. The number of ether oxygens (including phenoxy) is 1. The zero-order valence-electron chi connectivity index (χ0n) is 12.6. The molecule has 0 amide bonds. The molecule has 1 aromatic carbocycles. The number of benzene rings is 1. The highest BCUT2D eigenvalue weighted by Gasteiger charge is 2.26. The zero-order chi connectivity index (χ0) is 15.4. The van der Waals surface area contributed by atoms with Gasteiger partial charge in [0, 0.05) is 17.3 Å². The molecule has 0 saturated heterocycles. The SMILES string of the molecule is COC(=O)C1CCC(Nc2ccc(-c3ncco3)cc2)CC1. The van der Waals surface area contributed by atoms with Gasteiger partial charge < -0.3 is 14.5 Å². The van der Waals surface area contributed by atoms with Crippen molar-refractivity contribution in [1.29, 1.82) is 0 Å². The Morgan fingerprint density at radius 3 is 2.55 bits per heavy atom. The molecule has 5 heteroatoms. The summed E-state index contributed by atoms with van der Waals surface area (Å²) < 4.78 is 10.1. The molecule has 0 bridgehead atoms. The summed E-state index contributed by atoms with van der Waals surface area (Å²) in [5.41, 5.74) is 2.04. The van der Waals surface area contributed by atoms with Gasteiger partial charge in [-0.25, -0.2) is 4.98 Å². The number of carbonyl (C=O) groups is 1. The molecule has 116 valence electrons. The van der Waals surface area contributed by atoms with Crippen LogP contribution >= 0.6 is 0 Å². The van der Waals surface area contributed by atoms with Crippen LogP contribution in [0.3, 0.4) is 0 Å². The van der Waals surface area contributed by atoms with Crippen LogP contribution in [0.5, 0.6) is 0 Å². The molecule has 0 spiro atoms. The number of nitrogens with zero attached hydrogens (tertiary/aromatic N) is 1.